The Morgan fingerprint density at radius 2 is 1.90 bits per heavy atom. The summed E-state index contributed by atoms with van der Waals surface area (Å²) in [6.45, 7) is 0.766. The van der Waals surface area contributed by atoms with Crippen LogP contribution in [0.15, 0.2) is 77.3 Å². The minimum atomic E-state index is -0.299. The number of fused-ring (bicyclic) bond motifs is 1. The van der Waals surface area contributed by atoms with Gasteiger partial charge in [-0.2, -0.15) is 0 Å². The van der Waals surface area contributed by atoms with Crippen molar-refractivity contribution in [1.82, 2.24) is 10.3 Å². The van der Waals surface area contributed by atoms with Crippen molar-refractivity contribution in [3.8, 4) is 11.6 Å². The van der Waals surface area contributed by atoms with E-state index >= 15 is 0 Å². The lowest BCUT2D eigenvalue weighted by molar-refractivity contribution is 0.0925. The summed E-state index contributed by atoms with van der Waals surface area (Å²) in [5.41, 5.74) is 2.50. The number of ether oxygens (including phenoxy) is 2. The molecule has 0 aliphatic heterocycles. The summed E-state index contributed by atoms with van der Waals surface area (Å²) in [4.78, 5) is 16.7. The highest BCUT2D eigenvalue weighted by Crippen LogP contribution is 2.28. The molecule has 1 amide bonds. The summed E-state index contributed by atoms with van der Waals surface area (Å²) in [6.07, 6.45) is 1.66. The normalized spacial score (nSPS) is 10.7. The molecule has 6 nitrogen and oxygen atoms in total. The van der Waals surface area contributed by atoms with E-state index in [0.29, 0.717) is 30.4 Å². The fourth-order valence-electron chi connectivity index (χ4n) is 2.95. The molecule has 0 saturated heterocycles. The third-order valence-electron chi connectivity index (χ3n) is 4.43. The summed E-state index contributed by atoms with van der Waals surface area (Å²) < 4.78 is 16.7. The second-order valence-electron chi connectivity index (χ2n) is 6.45. The minimum absolute atomic E-state index is 0.235. The van der Waals surface area contributed by atoms with E-state index < -0.39 is 0 Å². The monoisotopic (exact) mass is 388 g/mol. The van der Waals surface area contributed by atoms with Crippen LogP contribution in [0.25, 0.3) is 11.0 Å². The SMILES string of the molecule is COc1cccc2cc(C(=O)NCc3ccnc(OCc4ccccc4)c3)oc12. The molecule has 0 spiro atoms. The zero-order valence-electron chi connectivity index (χ0n) is 15.9. The quantitative estimate of drug-likeness (QED) is 0.510. The molecule has 4 aromatic rings. The number of para-hydroxylation sites is 1. The Kier molecular flexibility index (Phi) is 5.42. The molecule has 2 aromatic carbocycles. The van der Waals surface area contributed by atoms with E-state index in [-0.39, 0.29) is 11.7 Å². The van der Waals surface area contributed by atoms with E-state index in [2.05, 4.69) is 10.3 Å². The van der Waals surface area contributed by atoms with Gasteiger partial charge in [0.2, 0.25) is 5.88 Å². The van der Waals surface area contributed by atoms with Gasteiger partial charge in [0, 0.05) is 24.2 Å². The third kappa shape index (κ3) is 4.38. The van der Waals surface area contributed by atoms with Crippen LogP contribution in [0.2, 0.25) is 0 Å². The van der Waals surface area contributed by atoms with Crippen LogP contribution in [-0.2, 0) is 13.2 Å². The van der Waals surface area contributed by atoms with Gasteiger partial charge in [-0.3, -0.25) is 4.79 Å². The maximum absolute atomic E-state index is 12.5. The summed E-state index contributed by atoms with van der Waals surface area (Å²) in [6, 6.07) is 20.7. The predicted octanol–water partition coefficient (Wildman–Crippen LogP) is 4.35. The van der Waals surface area contributed by atoms with Crippen molar-refractivity contribution in [1.29, 1.82) is 0 Å². The van der Waals surface area contributed by atoms with Crippen LogP contribution in [0.1, 0.15) is 21.7 Å². The Morgan fingerprint density at radius 3 is 2.72 bits per heavy atom. The van der Waals surface area contributed by atoms with Gasteiger partial charge in [0.25, 0.3) is 5.91 Å². The van der Waals surface area contributed by atoms with Gasteiger partial charge in [0.05, 0.1) is 7.11 Å². The Hall–Kier alpha value is -3.80. The average molecular weight is 388 g/mol. The molecular formula is C23H20N2O4. The van der Waals surface area contributed by atoms with Gasteiger partial charge >= 0.3 is 0 Å². The molecule has 6 heteroatoms. The minimum Gasteiger partial charge on any atom is -0.493 e. The number of methoxy groups -OCH3 is 1. The lowest BCUT2D eigenvalue weighted by Crippen LogP contribution is -2.22. The molecule has 0 saturated carbocycles. The molecule has 4 rings (SSSR count). The van der Waals surface area contributed by atoms with Gasteiger partial charge in [-0.1, -0.05) is 42.5 Å². The number of pyridine rings is 1. The van der Waals surface area contributed by atoms with Gasteiger partial charge in [0.1, 0.15) is 6.61 Å². The van der Waals surface area contributed by atoms with Gasteiger partial charge < -0.3 is 19.2 Å². The van der Waals surface area contributed by atoms with Gasteiger partial charge in [-0.25, -0.2) is 4.98 Å². The Balaban J connectivity index is 1.39. The van der Waals surface area contributed by atoms with Crippen molar-refractivity contribution < 1.29 is 18.7 Å². The van der Waals surface area contributed by atoms with E-state index in [1.165, 1.54) is 0 Å². The van der Waals surface area contributed by atoms with Gasteiger partial charge in [0.15, 0.2) is 17.1 Å². The molecule has 0 aliphatic carbocycles. The number of nitrogens with zero attached hydrogens (tertiary/aromatic N) is 1. The first-order valence-corrected chi connectivity index (χ1v) is 9.19. The number of benzene rings is 2. The molecule has 1 N–H and O–H groups in total. The topological polar surface area (TPSA) is 73.6 Å². The number of hydrogen-bond acceptors (Lipinski definition) is 5. The number of carbonyl (C=O) groups is 1. The third-order valence-corrected chi connectivity index (χ3v) is 4.43. The number of carbonyl (C=O) groups excluding carboxylic acids is 1. The van der Waals surface area contributed by atoms with E-state index in [0.717, 1.165) is 16.5 Å². The first-order chi connectivity index (χ1) is 14.2. The summed E-state index contributed by atoms with van der Waals surface area (Å²) >= 11 is 0. The molecule has 0 aliphatic rings. The standard InChI is InChI=1S/C23H20N2O4/c1-27-19-9-5-8-18-13-20(29-22(18)19)23(26)25-14-17-10-11-24-21(12-17)28-15-16-6-3-2-4-7-16/h2-13H,14-15H2,1H3,(H,25,26). The summed E-state index contributed by atoms with van der Waals surface area (Å²) in [5.74, 6) is 1.04. The Bertz CT molecular complexity index is 1120. The largest absolute Gasteiger partial charge is 0.493 e. The number of nitrogens with one attached hydrogen (secondary N) is 1. The number of hydrogen-bond donors (Lipinski definition) is 1. The molecule has 2 heterocycles. The van der Waals surface area contributed by atoms with Gasteiger partial charge in [-0.05, 0) is 29.3 Å². The van der Waals surface area contributed by atoms with Crippen LogP contribution in [0.5, 0.6) is 11.6 Å². The average Bonchev–Trinajstić information content (AvgIpc) is 3.22. The first kappa shape index (κ1) is 18.6. The van der Waals surface area contributed by atoms with Crippen molar-refractivity contribution in [2.45, 2.75) is 13.2 Å². The number of aromatic nitrogens is 1. The molecule has 0 bridgehead atoms. The molecule has 29 heavy (non-hydrogen) atoms. The maximum atomic E-state index is 12.5. The van der Waals surface area contributed by atoms with E-state index in [9.17, 15) is 4.79 Å². The highest BCUT2D eigenvalue weighted by atomic mass is 16.5. The highest BCUT2D eigenvalue weighted by molar-refractivity contribution is 5.97. The fourth-order valence-corrected chi connectivity index (χ4v) is 2.95. The molecule has 0 unspecified atom stereocenters. The van der Waals surface area contributed by atoms with Crippen molar-refractivity contribution >= 4 is 16.9 Å². The molecule has 0 atom stereocenters. The van der Waals surface area contributed by atoms with Crippen molar-refractivity contribution in [2.24, 2.45) is 0 Å². The Labute approximate surface area is 168 Å². The fraction of sp³-hybridized carbons (Fsp3) is 0.130. The second kappa shape index (κ2) is 8.48. The molecule has 2 aromatic heterocycles. The van der Waals surface area contributed by atoms with Crippen molar-refractivity contribution in [2.75, 3.05) is 7.11 Å². The summed E-state index contributed by atoms with van der Waals surface area (Å²) in [5, 5.41) is 3.67. The van der Waals surface area contributed by atoms with E-state index in [1.54, 1.807) is 25.4 Å². The predicted molar refractivity (Wildman–Crippen MR) is 109 cm³/mol. The Morgan fingerprint density at radius 1 is 1.03 bits per heavy atom. The van der Waals surface area contributed by atoms with Crippen LogP contribution in [0.3, 0.4) is 0 Å². The number of amides is 1. The zero-order chi connectivity index (χ0) is 20.1. The van der Waals surface area contributed by atoms with Crippen LogP contribution >= 0.6 is 0 Å². The smallest absolute Gasteiger partial charge is 0.287 e. The zero-order valence-corrected chi connectivity index (χ0v) is 15.9. The van der Waals surface area contributed by atoms with Crippen LogP contribution in [-0.4, -0.2) is 18.0 Å². The van der Waals surface area contributed by atoms with Crippen molar-refractivity contribution in [3.63, 3.8) is 0 Å². The number of rotatable bonds is 7. The second-order valence-corrected chi connectivity index (χ2v) is 6.45. The van der Waals surface area contributed by atoms with E-state index in [1.807, 2.05) is 54.6 Å². The van der Waals surface area contributed by atoms with Crippen molar-refractivity contribution in [3.05, 3.63) is 89.8 Å². The molecular weight excluding hydrogens is 368 g/mol. The van der Waals surface area contributed by atoms with Crippen LogP contribution in [0, 0.1) is 0 Å². The first-order valence-electron chi connectivity index (χ1n) is 9.19. The maximum Gasteiger partial charge on any atom is 0.287 e. The molecule has 146 valence electrons. The van der Waals surface area contributed by atoms with Crippen LogP contribution in [0.4, 0.5) is 0 Å². The lowest BCUT2D eigenvalue weighted by Gasteiger charge is -2.08. The number of furan rings is 1. The summed E-state index contributed by atoms with van der Waals surface area (Å²) in [7, 11) is 1.57. The molecule has 0 fully saturated rings. The lowest BCUT2D eigenvalue weighted by atomic mass is 10.2. The highest BCUT2D eigenvalue weighted by Gasteiger charge is 2.14. The van der Waals surface area contributed by atoms with E-state index in [4.69, 9.17) is 13.9 Å². The van der Waals surface area contributed by atoms with Crippen LogP contribution < -0.4 is 14.8 Å². The van der Waals surface area contributed by atoms with Gasteiger partial charge in [-0.15, -0.1) is 0 Å². The molecule has 0 radical (unpaired) electrons.